The highest BCUT2D eigenvalue weighted by Gasteiger charge is 2.18. The number of methoxy groups -OCH3 is 1. The molecule has 176 valence electrons. The number of likely N-dealkylation sites (N-methyl/N-ethyl adjacent to an activating group) is 1. The van der Waals surface area contributed by atoms with Gasteiger partial charge in [0, 0.05) is 6.54 Å². The molecule has 0 fully saturated rings. The van der Waals surface area contributed by atoms with Gasteiger partial charge in [0.15, 0.2) is 0 Å². The Kier molecular flexibility index (Phi) is 12.2. The van der Waals surface area contributed by atoms with Crippen LogP contribution in [0.1, 0.15) is 24.0 Å². The molecule has 0 aliphatic rings. The van der Waals surface area contributed by atoms with Crippen molar-refractivity contribution in [2.24, 2.45) is 0 Å². The van der Waals surface area contributed by atoms with E-state index in [0.717, 1.165) is 29.9 Å². The zero-order valence-electron chi connectivity index (χ0n) is 18.8. The molecule has 32 heavy (non-hydrogen) atoms. The van der Waals surface area contributed by atoms with Crippen LogP contribution in [0.2, 0.25) is 0 Å². The highest BCUT2D eigenvalue weighted by atomic mass is 35.5. The number of carbonyl (C=O) groups excluding carboxylic acids is 1. The van der Waals surface area contributed by atoms with Gasteiger partial charge >= 0.3 is 11.9 Å². The molecule has 0 bridgehead atoms. The molecule has 2 aromatic rings. The maximum absolute atomic E-state index is 12.0. The van der Waals surface area contributed by atoms with E-state index in [0.29, 0.717) is 6.54 Å². The van der Waals surface area contributed by atoms with Crippen LogP contribution in [0.25, 0.3) is 0 Å². The van der Waals surface area contributed by atoms with Gasteiger partial charge < -0.3 is 36.6 Å². The van der Waals surface area contributed by atoms with Crippen molar-refractivity contribution in [2.75, 3.05) is 34.4 Å². The summed E-state index contributed by atoms with van der Waals surface area (Å²) in [7, 11) is 5.40. The van der Waals surface area contributed by atoms with Crippen molar-refractivity contribution in [3.63, 3.8) is 0 Å². The summed E-state index contributed by atoms with van der Waals surface area (Å²) >= 11 is 0. The monoisotopic (exact) mass is 464 g/mol. The molecule has 0 spiro atoms. The molecular formula is C24H31ClNO6-. The predicted molar refractivity (Wildman–Crippen MR) is 118 cm³/mol. The molecule has 1 unspecified atom stereocenters. The number of carboxylic acids is 1. The lowest BCUT2D eigenvalue weighted by Gasteiger charge is -2.22. The predicted octanol–water partition coefficient (Wildman–Crippen LogP) is 0.201. The van der Waals surface area contributed by atoms with E-state index < -0.39 is 18.0 Å². The van der Waals surface area contributed by atoms with Crippen LogP contribution in [0.3, 0.4) is 0 Å². The molecule has 0 heterocycles. The molecule has 0 radical (unpaired) electrons. The number of carbonyl (C=O) groups is 2. The van der Waals surface area contributed by atoms with Gasteiger partial charge in [0.05, 0.1) is 20.0 Å². The van der Waals surface area contributed by atoms with E-state index in [1.54, 1.807) is 7.11 Å². The van der Waals surface area contributed by atoms with Crippen molar-refractivity contribution in [1.29, 1.82) is 0 Å². The van der Waals surface area contributed by atoms with Crippen molar-refractivity contribution in [2.45, 2.75) is 31.8 Å². The molecule has 8 heteroatoms. The number of aryl methyl sites for hydroxylation is 2. The summed E-state index contributed by atoms with van der Waals surface area (Å²) in [6.07, 6.45) is 0.726. The van der Waals surface area contributed by atoms with Crippen molar-refractivity contribution >= 4 is 11.9 Å². The van der Waals surface area contributed by atoms with Crippen molar-refractivity contribution < 1.29 is 41.3 Å². The standard InChI is InChI=1S/C24H31NO6.ClH/c1-25(2)16-21(31-24(28)14-13-23(26)27)17-30-22-10-5-4-8-19(22)12-11-18-7-6-9-20(15-18)29-3;/h4-10,15,21H,11-14,16-17H2,1-3H3,(H,26,27);1H/p-1. The minimum atomic E-state index is -1.03. The normalized spacial score (nSPS) is 11.4. The number of ether oxygens (including phenoxy) is 3. The quantitative estimate of drug-likeness (QED) is 0.424. The van der Waals surface area contributed by atoms with Gasteiger partial charge in [0.25, 0.3) is 0 Å². The van der Waals surface area contributed by atoms with E-state index in [2.05, 4.69) is 6.07 Å². The summed E-state index contributed by atoms with van der Waals surface area (Å²) in [5.74, 6) is 0.0143. The fourth-order valence-corrected chi connectivity index (χ4v) is 3.13. The number of rotatable bonds is 13. The third kappa shape index (κ3) is 10.0. The number of esters is 1. The number of benzene rings is 2. The maximum atomic E-state index is 12.0. The number of carboxylic acid groups (broad SMARTS) is 1. The Morgan fingerprint density at radius 3 is 2.47 bits per heavy atom. The summed E-state index contributed by atoms with van der Waals surface area (Å²) in [6.45, 7) is 0.665. The average Bonchev–Trinajstić information content (AvgIpc) is 2.75. The molecule has 1 atom stereocenters. The van der Waals surface area contributed by atoms with Gasteiger partial charge in [-0.15, -0.1) is 0 Å². The van der Waals surface area contributed by atoms with E-state index in [4.69, 9.17) is 19.3 Å². The number of nitrogens with zero attached hydrogens (tertiary/aromatic N) is 1. The second-order valence-electron chi connectivity index (χ2n) is 7.54. The third-order valence-corrected chi connectivity index (χ3v) is 4.62. The van der Waals surface area contributed by atoms with E-state index in [1.165, 1.54) is 5.56 Å². The Balaban J connectivity index is 0.00000512. The van der Waals surface area contributed by atoms with Crippen molar-refractivity contribution in [1.82, 2.24) is 4.90 Å². The number of aliphatic carboxylic acids is 1. The van der Waals surface area contributed by atoms with E-state index in [1.807, 2.05) is 61.5 Å². The van der Waals surface area contributed by atoms with E-state index in [9.17, 15) is 9.59 Å². The van der Waals surface area contributed by atoms with Crippen LogP contribution in [0.5, 0.6) is 11.5 Å². The van der Waals surface area contributed by atoms with Crippen molar-refractivity contribution in [3.05, 3.63) is 59.7 Å². The fraction of sp³-hybridized carbons (Fsp3) is 0.417. The van der Waals surface area contributed by atoms with E-state index in [-0.39, 0.29) is 31.9 Å². The van der Waals surface area contributed by atoms with Crippen LogP contribution in [0.4, 0.5) is 0 Å². The molecule has 1 N–H and O–H groups in total. The van der Waals surface area contributed by atoms with Crippen LogP contribution >= 0.6 is 0 Å². The Bertz CT molecular complexity index is 858. The van der Waals surface area contributed by atoms with Crippen LogP contribution in [-0.4, -0.2) is 62.4 Å². The van der Waals surface area contributed by atoms with Crippen molar-refractivity contribution in [3.8, 4) is 11.5 Å². The highest BCUT2D eigenvalue weighted by molar-refractivity contribution is 5.76. The lowest BCUT2D eigenvalue weighted by Crippen LogP contribution is -3.00. The van der Waals surface area contributed by atoms with Crippen LogP contribution in [-0.2, 0) is 27.2 Å². The summed E-state index contributed by atoms with van der Waals surface area (Å²) in [6, 6.07) is 15.8. The molecule has 0 aliphatic heterocycles. The first-order valence-electron chi connectivity index (χ1n) is 10.3. The Morgan fingerprint density at radius 2 is 1.78 bits per heavy atom. The van der Waals surface area contributed by atoms with Gasteiger partial charge in [-0.05, 0) is 56.3 Å². The van der Waals surface area contributed by atoms with Gasteiger partial charge in [-0.3, -0.25) is 9.59 Å². The Morgan fingerprint density at radius 1 is 1.03 bits per heavy atom. The second-order valence-corrected chi connectivity index (χ2v) is 7.54. The molecule has 2 aromatic carbocycles. The van der Waals surface area contributed by atoms with Crippen LogP contribution < -0.4 is 21.9 Å². The molecule has 0 amide bonds. The number of para-hydroxylation sites is 1. The topological polar surface area (TPSA) is 85.3 Å². The summed E-state index contributed by atoms with van der Waals surface area (Å²) in [4.78, 5) is 24.5. The lowest BCUT2D eigenvalue weighted by molar-refractivity contribution is -0.153. The first-order valence-corrected chi connectivity index (χ1v) is 10.3. The van der Waals surface area contributed by atoms with Gasteiger partial charge in [0.1, 0.15) is 24.2 Å². The van der Waals surface area contributed by atoms with E-state index >= 15 is 0 Å². The fourth-order valence-electron chi connectivity index (χ4n) is 3.13. The summed E-state index contributed by atoms with van der Waals surface area (Å²) < 4.78 is 16.7. The summed E-state index contributed by atoms with van der Waals surface area (Å²) in [5, 5.41) is 8.74. The first-order chi connectivity index (χ1) is 14.9. The highest BCUT2D eigenvalue weighted by Crippen LogP contribution is 2.22. The average molecular weight is 465 g/mol. The molecule has 0 aromatic heterocycles. The third-order valence-electron chi connectivity index (χ3n) is 4.62. The Labute approximate surface area is 195 Å². The van der Waals surface area contributed by atoms with Crippen LogP contribution in [0.15, 0.2) is 48.5 Å². The van der Waals surface area contributed by atoms with Crippen LogP contribution in [0, 0.1) is 0 Å². The number of hydrogen-bond acceptors (Lipinski definition) is 6. The molecule has 0 aliphatic carbocycles. The van der Waals surface area contributed by atoms with Gasteiger partial charge in [-0.2, -0.15) is 0 Å². The number of halogens is 1. The zero-order chi connectivity index (χ0) is 22.6. The first kappa shape index (κ1) is 27.3. The van der Waals surface area contributed by atoms with Gasteiger partial charge in [-0.1, -0.05) is 30.3 Å². The summed E-state index contributed by atoms with van der Waals surface area (Å²) in [5.41, 5.74) is 2.23. The van der Waals surface area contributed by atoms with Gasteiger partial charge in [-0.25, -0.2) is 0 Å². The zero-order valence-corrected chi connectivity index (χ0v) is 19.5. The minimum Gasteiger partial charge on any atom is -1.00 e. The molecule has 2 rings (SSSR count). The smallest absolute Gasteiger partial charge is 0.306 e. The lowest BCUT2D eigenvalue weighted by atomic mass is 10.0. The minimum absolute atomic E-state index is 0. The molecular weight excluding hydrogens is 434 g/mol. The Hall–Kier alpha value is -2.77. The number of hydrogen-bond donors (Lipinski definition) is 1. The largest absolute Gasteiger partial charge is 1.00 e. The molecule has 0 saturated heterocycles. The molecule has 7 nitrogen and oxygen atoms in total. The molecule has 0 saturated carbocycles. The van der Waals surface area contributed by atoms with Gasteiger partial charge in [0.2, 0.25) is 0 Å². The SMILES string of the molecule is COc1cccc(CCc2ccccc2OCC(CN(C)C)OC(=O)CCC(=O)O)c1.[Cl-]. The second kappa shape index (κ2) is 14.3. The maximum Gasteiger partial charge on any atom is 0.306 e.